The Labute approximate surface area is 101 Å². The van der Waals surface area contributed by atoms with E-state index in [9.17, 15) is 4.79 Å². The summed E-state index contributed by atoms with van der Waals surface area (Å²) >= 11 is 0. The summed E-state index contributed by atoms with van der Waals surface area (Å²) < 4.78 is 0. The number of carbonyl (C=O) groups is 1. The van der Waals surface area contributed by atoms with E-state index in [1.54, 1.807) is 6.33 Å². The second-order valence-corrected chi connectivity index (χ2v) is 4.58. The van der Waals surface area contributed by atoms with Crippen molar-refractivity contribution in [1.29, 1.82) is 0 Å². The lowest BCUT2D eigenvalue weighted by atomic mass is 10.0. The summed E-state index contributed by atoms with van der Waals surface area (Å²) in [4.78, 5) is 17.8. The molecule has 0 saturated carbocycles. The summed E-state index contributed by atoms with van der Waals surface area (Å²) in [6, 6.07) is 8.22. The molecule has 17 heavy (non-hydrogen) atoms. The number of carbonyl (C=O) groups excluding carboxylic acids is 1. The van der Waals surface area contributed by atoms with Crippen LogP contribution in [0, 0.1) is 5.92 Å². The second kappa shape index (κ2) is 4.95. The molecular formula is C14H16N2O. The Morgan fingerprint density at radius 2 is 2.00 bits per heavy atom. The number of H-pyrrole nitrogens is 1. The first kappa shape index (κ1) is 11.6. The van der Waals surface area contributed by atoms with Crippen LogP contribution in [0.5, 0.6) is 0 Å². The van der Waals surface area contributed by atoms with E-state index in [1.165, 1.54) is 5.56 Å². The van der Waals surface area contributed by atoms with Crippen LogP contribution in [0.1, 0.15) is 29.9 Å². The molecule has 0 spiro atoms. The van der Waals surface area contributed by atoms with Gasteiger partial charge in [0.1, 0.15) is 5.69 Å². The number of nitrogens with zero attached hydrogens (tertiary/aromatic N) is 1. The number of aromatic nitrogens is 2. The van der Waals surface area contributed by atoms with Gasteiger partial charge in [-0.2, -0.15) is 0 Å². The maximum Gasteiger partial charge on any atom is 0.168 e. The maximum absolute atomic E-state index is 10.8. The van der Waals surface area contributed by atoms with Gasteiger partial charge >= 0.3 is 0 Å². The molecule has 2 aromatic rings. The molecule has 3 heteroatoms. The highest BCUT2D eigenvalue weighted by Crippen LogP contribution is 2.20. The van der Waals surface area contributed by atoms with E-state index in [4.69, 9.17) is 0 Å². The van der Waals surface area contributed by atoms with E-state index in [0.29, 0.717) is 11.6 Å². The lowest BCUT2D eigenvalue weighted by molar-refractivity contribution is 0.112. The van der Waals surface area contributed by atoms with Gasteiger partial charge in [-0.05, 0) is 17.9 Å². The van der Waals surface area contributed by atoms with Gasteiger partial charge in [-0.3, -0.25) is 4.79 Å². The fraction of sp³-hybridized carbons (Fsp3) is 0.286. The summed E-state index contributed by atoms with van der Waals surface area (Å²) in [7, 11) is 0. The number of imidazole rings is 1. The molecule has 0 atom stereocenters. The second-order valence-electron chi connectivity index (χ2n) is 4.58. The zero-order valence-electron chi connectivity index (χ0n) is 10.1. The fourth-order valence-corrected chi connectivity index (χ4v) is 1.89. The van der Waals surface area contributed by atoms with E-state index in [2.05, 4.69) is 35.9 Å². The molecule has 2 rings (SSSR count). The van der Waals surface area contributed by atoms with Crippen molar-refractivity contribution in [2.45, 2.75) is 20.3 Å². The van der Waals surface area contributed by atoms with E-state index < -0.39 is 0 Å². The van der Waals surface area contributed by atoms with Gasteiger partial charge in [0.25, 0.3) is 0 Å². The van der Waals surface area contributed by atoms with Gasteiger partial charge < -0.3 is 4.98 Å². The molecule has 0 radical (unpaired) electrons. The van der Waals surface area contributed by atoms with Gasteiger partial charge in [0.2, 0.25) is 0 Å². The lowest BCUT2D eigenvalue weighted by Crippen LogP contribution is -1.94. The minimum atomic E-state index is 0.529. The summed E-state index contributed by atoms with van der Waals surface area (Å²) in [5.74, 6) is 0.650. The third kappa shape index (κ3) is 2.61. The van der Waals surface area contributed by atoms with Crippen molar-refractivity contribution in [3.63, 3.8) is 0 Å². The molecule has 0 aliphatic carbocycles. The number of nitrogens with one attached hydrogen (secondary N) is 1. The van der Waals surface area contributed by atoms with Gasteiger partial charge in [-0.1, -0.05) is 38.1 Å². The standard InChI is InChI=1S/C14H16N2O/c1-10(2)7-11-3-5-12(6-4-11)14-13(8-17)15-9-16-14/h3-6,8-10H,7H2,1-2H3,(H,15,16). The highest BCUT2D eigenvalue weighted by atomic mass is 16.1. The first-order chi connectivity index (χ1) is 8.20. The van der Waals surface area contributed by atoms with Gasteiger partial charge in [-0.15, -0.1) is 0 Å². The normalized spacial score (nSPS) is 10.8. The molecule has 0 bridgehead atoms. The van der Waals surface area contributed by atoms with E-state index in [1.807, 2.05) is 12.1 Å². The number of hydrogen-bond donors (Lipinski definition) is 1. The summed E-state index contributed by atoms with van der Waals surface area (Å²) in [5, 5.41) is 0. The molecule has 3 nitrogen and oxygen atoms in total. The van der Waals surface area contributed by atoms with Crippen molar-refractivity contribution in [2.24, 2.45) is 5.92 Å². The molecular weight excluding hydrogens is 212 g/mol. The van der Waals surface area contributed by atoms with Crippen molar-refractivity contribution >= 4 is 6.29 Å². The third-order valence-corrected chi connectivity index (χ3v) is 2.66. The van der Waals surface area contributed by atoms with Crippen LogP contribution in [0.25, 0.3) is 11.3 Å². The molecule has 1 aromatic heterocycles. The third-order valence-electron chi connectivity index (χ3n) is 2.66. The van der Waals surface area contributed by atoms with Crippen LogP contribution in [0.4, 0.5) is 0 Å². The molecule has 0 saturated heterocycles. The zero-order chi connectivity index (χ0) is 12.3. The lowest BCUT2D eigenvalue weighted by Gasteiger charge is -2.05. The predicted octanol–water partition coefficient (Wildman–Crippen LogP) is 3.09. The zero-order valence-corrected chi connectivity index (χ0v) is 10.1. The Morgan fingerprint density at radius 1 is 1.29 bits per heavy atom. The summed E-state index contributed by atoms with van der Waals surface area (Å²) in [6.45, 7) is 4.40. The quantitative estimate of drug-likeness (QED) is 0.817. The van der Waals surface area contributed by atoms with Crippen LogP contribution in [0.15, 0.2) is 30.6 Å². The van der Waals surface area contributed by atoms with E-state index in [0.717, 1.165) is 24.0 Å². The largest absolute Gasteiger partial charge is 0.342 e. The van der Waals surface area contributed by atoms with Gasteiger partial charge in [0, 0.05) is 5.56 Å². The van der Waals surface area contributed by atoms with Crippen LogP contribution < -0.4 is 0 Å². The Kier molecular flexibility index (Phi) is 3.38. The summed E-state index contributed by atoms with van der Waals surface area (Å²) in [6.07, 6.45) is 3.41. The predicted molar refractivity (Wildman–Crippen MR) is 68.0 cm³/mol. The first-order valence-corrected chi connectivity index (χ1v) is 5.78. The monoisotopic (exact) mass is 228 g/mol. The topological polar surface area (TPSA) is 45.8 Å². The van der Waals surface area contributed by atoms with Gasteiger partial charge in [-0.25, -0.2) is 4.98 Å². The number of aromatic amines is 1. The Bertz CT molecular complexity index is 497. The Morgan fingerprint density at radius 3 is 2.59 bits per heavy atom. The van der Waals surface area contributed by atoms with Gasteiger partial charge in [0.15, 0.2) is 6.29 Å². The SMILES string of the molecule is CC(C)Cc1ccc(-c2nc[nH]c2C=O)cc1. The molecule has 1 heterocycles. The minimum Gasteiger partial charge on any atom is -0.342 e. The highest BCUT2D eigenvalue weighted by Gasteiger charge is 2.07. The van der Waals surface area contributed by atoms with Crippen molar-refractivity contribution < 1.29 is 4.79 Å². The number of aldehydes is 1. The van der Waals surface area contributed by atoms with E-state index in [-0.39, 0.29) is 0 Å². The molecule has 0 unspecified atom stereocenters. The van der Waals surface area contributed by atoms with Crippen molar-refractivity contribution in [1.82, 2.24) is 9.97 Å². The first-order valence-electron chi connectivity index (χ1n) is 5.78. The van der Waals surface area contributed by atoms with Crippen LogP contribution >= 0.6 is 0 Å². The molecule has 88 valence electrons. The molecule has 1 N–H and O–H groups in total. The molecule has 1 aromatic carbocycles. The Hall–Kier alpha value is -1.90. The minimum absolute atomic E-state index is 0.529. The molecule has 0 amide bonds. The van der Waals surface area contributed by atoms with Crippen molar-refractivity contribution in [3.05, 3.63) is 41.9 Å². The Balaban J connectivity index is 2.26. The smallest absolute Gasteiger partial charge is 0.168 e. The molecule has 0 aliphatic rings. The van der Waals surface area contributed by atoms with Crippen LogP contribution in [0.3, 0.4) is 0 Å². The summed E-state index contributed by atoms with van der Waals surface area (Å²) in [5.41, 5.74) is 3.53. The molecule has 0 fully saturated rings. The van der Waals surface area contributed by atoms with Crippen LogP contribution in [-0.2, 0) is 6.42 Å². The fourth-order valence-electron chi connectivity index (χ4n) is 1.89. The van der Waals surface area contributed by atoms with Crippen molar-refractivity contribution in [2.75, 3.05) is 0 Å². The van der Waals surface area contributed by atoms with Crippen LogP contribution in [0.2, 0.25) is 0 Å². The van der Waals surface area contributed by atoms with E-state index >= 15 is 0 Å². The van der Waals surface area contributed by atoms with Gasteiger partial charge in [0.05, 0.1) is 12.0 Å². The number of rotatable bonds is 4. The number of benzene rings is 1. The average Bonchev–Trinajstić information content (AvgIpc) is 2.77. The maximum atomic E-state index is 10.8. The molecule has 0 aliphatic heterocycles. The van der Waals surface area contributed by atoms with Crippen LogP contribution in [-0.4, -0.2) is 16.3 Å². The van der Waals surface area contributed by atoms with Crippen molar-refractivity contribution in [3.8, 4) is 11.3 Å². The average molecular weight is 228 g/mol. The highest BCUT2D eigenvalue weighted by molar-refractivity contribution is 5.83. The number of hydrogen-bond acceptors (Lipinski definition) is 2.